The zero-order valence-corrected chi connectivity index (χ0v) is 12.9. The quantitative estimate of drug-likeness (QED) is 0.325. The van der Waals surface area contributed by atoms with Crippen LogP contribution in [0.1, 0.15) is 16.8 Å². The number of hydrogen-bond acceptors (Lipinski definition) is 1. The van der Waals surface area contributed by atoms with Crippen LogP contribution in [0, 0.1) is 18.8 Å². The van der Waals surface area contributed by atoms with Crippen LogP contribution >= 0.6 is 0 Å². The zero-order chi connectivity index (χ0) is 15.6. The molecular formula is C22H15N. The van der Waals surface area contributed by atoms with Gasteiger partial charge >= 0.3 is 0 Å². The van der Waals surface area contributed by atoms with E-state index in [1.165, 1.54) is 21.5 Å². The van der Waals surface area contributed by atoms with E-state index < -0.39 is 0 Å². The predicted octanol–water partition coefficient (Wildman–Crippen LogP) is 5.10. The van der Waals surface area contributed by atoms with Crippen LogP contribution in [0.2, 0.25) is 0 Å². The Kier molecular flexibility index (Phi) is 3.29. The molecule has 1 heterocycles. The van der Waals surface area contributed by atoms with Crippen molar-refractivity contribution >= 4 is 21.5 Å². The largest absolute Gasteiger partial charge is 0.262 e. The van der Waals surface area contributed by atoms with Crippen molar-refractivity contribution in [3.63, 3.8) is 0 Å². The van der Waals surface area contributed by atoms with E-state index in [1.807, 2.05) is 19.1 Å². The first-order valence-corrected chi connectivity index (χ1v) is 7.65. The summed E-state index contributed by atoms with van der Waals surface area (Å²) in [6.07, 6.45) is 1.80. The molecule has 0 aliphatic heterocycles. The second-order valence-corrected chi connectivity index (χ2v) is 5.70. The highest BCUT2D eigenvalue weighted by Crippen LogP contribution is 2.23. The highest BCUT2D eigenvalue weighted by Gasteiger charge is 1.98. The van der Waals surface area contributed by atoms with Crippen molar-refractivity contribution in [2.75, 3.05) is 0 Å². The number of nitrogens with zero attached hydrogens (tertiary/aromatic N) is 1. The van der Waals surface area contributed by atoms with Gasteiger partial charge in [-0.2, -0.15) is 0 Å². The van der Waals surface area contributed by atoms with Crippen molar-refractivity contribution < 1.29 is 0 Å². The predicted molar refractivity (Wildman–Crippen MR) is 96.4 cm³/mol. The Balaban J connectivity index is 1.78. The summed E-state index contributed by atoms with van der Waals surface area (Å²) in [5.74, 6) is 6.46. The topological polar surface area (TPSA) is 12.9 Å². The molecule has 0 aliphatic rings. The number of aryl methyl sites for hydroxylation is 1. The van der Waals surface area contributed by atoms with E-state index in [1.54, 1.807) is 6.20 Å². The first-order chi connectivity index (χ1) is 11.3. The van der Waals surface area contributed by atoms with Gasteiger partial charge in [0.15, 0.2) is 0 Å². The molecule has 4 rings (SSSR count). The molecule has 0 amide bonds. The Bertz CT molecular complexity index is 1080. The Labute approximate surface area is 135 Å². The maximum Gasteiger partial charge on any atom is 0.0385 e. The van der Waals surface area contributed by atoms with Crippen LogP contribution in [0.3, 0.4) is 0 Å². The Morgan fingerprint density at radius 3 is 2.04 bits per heavy atom. The lowest BCUT2D eigenvalue weighted by Gasteiger charge is -2.02. The molecular weight excluding hydrogens is 278 g/mol. The average molecular weight is 293 g/mol. The number of hydrogen-bond donors (Lipinski definition) is 0. The average Bonchev–Trinajstić information content (AvgIpc) is 2.58. The first kappa shape index (κ1) is 13.5. The van der Waals surface area contributed by atoms with Crippen LogP contribution in [0.5, 0.6) is 0 Å². The molecule has 0 unspecified atom stereocenters. The van der Waals surface area contributed by atoms with E-state index in [2.05, 4.69) is 71.4 Å². The van der Waals surface area contributed by atoms with Gasteiger partial charge in [0.1, 0.15) is 0 Å². The molecule has 4 aromatic rings. The lowest BCUT2D eigenvalue weighted by molar-refractivity contribution is 1.19. The number of benzene rings is 3. The van der Waals surface area contributed by atoms with Crippen molar-refractivity contribution in [2.24, 2.45) is 0 Å². The van der Waals surface area contributed by atoms with Gasteiger partial charge in [-0.05, 0) is 64.9 Å². The summed E-state index contributed by atoms with van der Waals surface area (Å²) in [6, 6.07) is 23.2. The van der Waals surface area contributed by atoms with E-state index in [9.17, 15) is 0 Å². The van der Waals surface area contributed by atoms with Gasteiger partial charge in [-0.3, -0.25) is 4.98 Å². The lowest BCUT2D eigenvalue weighted by atomic mass is 10.0. The lowest BCUT2D eigenvalue weighted by Crippen LogP contribution is -1.82. The third-order valence-corrected chi connectivity index (χ3v) is 3.95. The molecule has 0 saturated heterocycles. The maximum absolute atomic E-state index is 4.20. The number of aromatic nitrogens is 1. The summed E-state index contributed by atoms with van der Waals surface area (Å²) in [5.41, 5.74) is 3.01. The maximum atomic E-state index is 4.20. The molecule has 0 N–H and O–H groups in total. The molecule has 108 valence electrons. The summed E-state index contributed by atoms with van der Waals surface area (Å²) in [6.45, 7) is 1.98. The van der Waals surface area contributed by atoms with Crippen LogP contribution in [0.4, 0.5) is 0 Å². The molecule has 0 spiro atoms. The Hall–Kier alpha value is -3.11. The number of rotatable bonds is 0. The van der Waals surface area contributed by atoms with Crippen LogP contribution in [0.25, 0.3) is 21.5 Å². The standard InChI is InChI=1S/C22H15N/c1-16-12-18(10-11-23-16)7-6-17-8-9-21-14-19-4-2-3-5-20(19)15-22(21)13-17/h2-5,8-15H,1H3. The van der Waals surface area contributed by atoms with E-state index in [4.69, 9.17) is 0 Å². The summed E-state index contributed by atoms with van der Waals surface area (Å²) in [5, 5.41) is 5.00. The van der Waals surface area contributed by atoms with Crippen molar-refractivity contribution in [1.82, 2.24) is 4.98 Å². The Morgan fingerprint density at radius 2 is 1.30 bits per heavy atom. The minimum atomic E-state index is 0.988. The molecule has 0 radical (unpaired) electrons. The molecule has 3 aromatic carbocycles. The normalized spacial score (nSPS) is 10.5. The van der Waals surface area contributed by atoms with Crippen molar-refractivity contribution in [3.05, 3.63) is 89.7 Å². The molecule has 0 fully saturated rings. The molecule has 0 bridgehead atoms. The van der Waals surface area contributed by atoms with Crippen LogP contribution in [-0.2, 0) is 0 Å². The monoisotopic (exact) mass is 293 g/mol. The molecule has 1 aromatic heterocycles. The fraction of sp³-hybridized carbons (Fsp3) is 0.0455. The summed E-state index contributed by atoms with van der Waals surface area (Å²) in [4.78, 5) is 4.20. The third-order valence-electron chi connectivity index (χ3n) is 3.95. The van der Waals surface area contributed by atoms with Gasteiger partial charge in [0.25, 0.3) is 0 Å². The van der Waals surface area contributed by atoms with Crippen molar-refractivity contribution in [3.8, 4) is 11.8 Å². The van der Waals surface area contributed by atoms with Gasteiger partial charge < -0.3 is 0 Å². The van der Waals surface area contributed by atoms with Gasteiger partial charge in [-0.25, -0.2) is 0 Å². The number of fused-ring (bicyclic) bond motifs is 2. The van der Waals surface area contributed by atoms with Gasteiger partial charge in [-0.1, -0.05) is 42.2 Å². The zero-order valence-electron chi connectivity index (χ0n) is 12.9. The minimum Gasteiger partial charge on any atom is -0.262 e. The summed E-state index contributed by atoms with van der Waals surface area (Å²) in [7, 11) is 0. The fourth-order valence-corrected chi connectivity index (χ4v) is 2.79. The van der Waals surface area contributed by atoms with Crippen LogP contribution in [-0.4, -0.2) is 4.98 Å². The van der Waals surface area contributed by atoms with Crippen LogP contribution in [0.15, 0.2) is 72.9 Å². The van der Waals surface area contributed by atoms with Gasteiger partial charge in [0.05, 0.1) is 0 Å². The smallest absolute Gasteiger partial charge is 0.0385 e. The van der Waals surface area contributed by atoms with Crippen LogP contribution < -0.4 is 0 Å². The summed E-state index contributed by atoms with van der Waals surface area (Å²) < 4.78 is 0. The van der Waals surface area contributed by atoms with E-state index in [-0.39, 0.29) is 0 Å². The fourth-order valence-electron chi connectivity index (χ4n) is 2.79. The second-order valence-electron chi connectivity index (χ2n) is 5.70. The van der Waals surface area contributed by atoms with E-state index in [0.29, 0.717) is 0 Å². The van der Waals surface area contributed by atoms with Gasteiger partial charge in [-0.15, -0.1) is 0 Å². The molecule has 1 nitrogen and oxygen atoms in total. The third kappa shape index (κ3) is 2.80. The van der Waals surface area contributed by atoms with Gasteiger partial charge in [0, 0.05) is 23.0 Å². The number of pyridine rings is 1. The molecule has 0 aliphatic carbocycles. The van der Waals surface area contributed by atoms with Gasteiger partial charge in [0.2, 0.25) is 0 Å². The first-order valence-electron chi connectivity index (χ1n) is 7.65. The van der Waals surface area contributed by atoms with E-state index >= 15 is 0 Å². The summed E-state index contributed by atoms with van der Waals surface area (Å²) >= 11 is 0. The molecule has 0 atom stereocenters. The highest BCUT2D eigenvalue weighted by atomic mass is 14.6. The Morgan fingerprint density at radius 1 is 0.652 bits per heavy atom. The molecule has 23 heavy (non-hydrogen) atoms. The second kappa shape index (κ2) is 5.59. The minimum absolute atomic E-state index is 0.988. The SMILES string of the molecule is Cc1cc(C#Cc2ccc3cc4ccccc4cc3c2)ccn1. The molecule has 1 heteroatoms. The van der Waals surface area contributed by atoms with E-state index in [0.717, 1.165) is 16.8 Å². The van der Waals surface area contributed by atoms with Crippen molar-refractivity contribution in [2.45, 2.75) is 6.92 Å². The molecule has 0 saturated carbocycles. The van der Waals surface area contributed by atoms with Crippen molar-refractivity contribution in [1.29, 1.82) is 0 Å². The highest BCUT2D eigenvalue weighted by molar-refractivity contribution is 5.98.